The zero-order chi connectivity index (χ0) is 42.6. The lowest BCUT2D eigenvalue weighted by Gasteiger charge is -2.31. The van der Waals surface area contributed by atoms with Gasteiger partial charge in [0.1, 0.15) is 27.4 Å². The molecule has 1 aromatic heterocycles. The van der Waals surface area contributed by atoms with Crippen LogP contribution in [-0.4, -0.2) is 41.1 Å². The van der Waals surface area contributed by atoms with E-state index < -0.39 is 0 Å². The Hall–Kier alpha value is -3.79. The summed E-state index contributed by atoms with van der Waals surface area (Å²) in [4.78, 5) is 58.3. The van der Waals surface area contributed by atoms with Gasteiger partial charge in [0.05, 0.1) is 23.7 Å². The first-order chi connectivity index (χ1) is 29.8. The Labute approximate surface area is 367 Å². The third kappa shape index (κ3) is 12.4. The fraction of sp³-hybridized carbons (Fsp3) is 0.667. The smallest absolute Gasteiger partial charge is 0.314 e. The van der Waals surface area contributed by atoms with Gasteiger partial charge in [-0.25, -0.2) is 4.98 Å². The van der Waals surface area contributed by atoms with Gasteiger partial charge in [-0.1, -0.05) is 95.5 Å². The Morgan fingerprint density at radius 1 is 0.525 bits per heavy atom. The molecule has 7 rings (SSSR count). The van der Waals surface area contributed by atoms with E-state index in [1.807, 2.05) is 30.3 Å². The van der Waals surface area contributed by atoms with Crippen molar-refractivity contribution in [3.63, 3.8) is 0 Å². The van der Waals surface area contributed by atoms with Crippen molar-refractivity contribution in [3.05, 3.63) is 42.5 Å². The third-order valence-corrected chi connectivity index (χ3v) is 15.4. The Kier molecular flexibility index (Phi) is 16.7. The molecular formula is C51H69NO8S. The summed E-state index contributed by atoms with van der Waals surface area (Å²) >= 11 is 1.40. The number of benzene rings is 2. The van der Waals surface area contributed by atoms with Crippen molar-refractivity contribution in [1.82, 2.24) is 4.98 Å². The van der Waals surface area contributed by atoms with E-state index in [-0.39, 0.29) is 59.8 Å². The van der Waals surface area contributed by atoms with Crippen LogP contribution < -0.4 is 9.47 Å². The average molecular weight is 856 g/mol. The molecule has 0 N–H and O–H groups in total. The lowest BCUT2D eigenvalue weighted by Crippen LogP contribution is -2.32. The first-order valence-corrected chi connectivity index (χ1v) is 24.9. The van der Waals surface area contributed by atoms with Crippen molar-refractivity contribution in [2.45, 2.75) is 180 Å². The zero-order valence-corrected chi connectivity index (χ0v) is 37.6. The molecule has 0 unspecified atom stereocenters. The van der Waals surface area contributed by atoms with Crippen molar-refractivity contribution < 1.29 is 38.1 Å². The maximum absolute atomic E-state index is 13.6. The molecule has 0 spiro atoms. The highest BCUT2D eigenvalue weighted by atomic mass is 32.1. The van der Waals surface area contributed by atoms with Crippen LogP contribution in [0.5, 0.6) is 11.5 Å². The van der Waals surface area contributed by atoms with Crippen LogP contribution in [0.25, 0.3) is 20.8 Å². The van der Waals surface area contributed by atoms with Crippen LogP contribution in [0, 0.1) is 35.5 Å². The minimum Gasteiger partial charge on any atom is -0.462 e. The van der Waals surface area contributed by atoms with Gasteiger partial charge in [-0.05, 0) is 127 Å². The van der Waals surface area contributed by atoms with Crippen LogP contribution in [0.3, 0.4) is 0 Å². The van der Waals surface area contributed by atoms with Gasteiger partial charge in [-0.2, -0.15) is 0 Å². The molecule has 4 aliphatic carbocycles. The normalized spacial score (nSPS) is 26.9. The lowest BCUT2D eigenvalue weighted by atomic mass is 9.79. The minimum atomic E-state index is -0.320. The highest BCUT2D eigenvalue weighted by molar-refractivity contribution is 7.22. The number of rotatable bonds is 17. The van der Waals surface area contributed by atoms with E-state index in [2.05, 4.69) is 13.8 Å². The molecular weight excluding hydrogens is 787 g/mol. The molecule has 0 amide bonds. The molecule has 9 nitrogen and oxygen atoms in total. The van der Waals surface area contributed by atoms with Crippen LogP contribution in [0.4, 0.5) is 0 Å². The number of aromatic nitrogens is 1. The van der Waals surface area contributed by atoms with Gasteiger partial charge in [-0.15, -0.1) is 11.3 Å². The summed E-state index contributed by atoms with van der Waals surface area (Å²) < 4.78 is 24.8. The maximum atomic E-state index is 13.6. The van der Waals surface area contributed by atoms with Crippen LogP contribution in [0.15, 0.2) is 42.5 Å². The van der Waals surface area contributed by atoms with Crippen LogP contribution >= 0.6 is 11.3 Å². The molecule has 0 bridgehead atoms. The first kappa shape index (κ1) is 45.2. The lowest BCUT2D eigenvalue weighted by molar-refractivity contribution is -0.159. The summed E-state index contributed by atoms with van der Waals surface area (Å²) in [5, 5.41) is 0.732. The number of ether oxygens (including phenoxy) is 4. The molecule has 10 heteroatoms. The molecule has 2 aromatic carbocycles. The molecule has 0 aliphatic heterocycles. The standard InChI is InChI=1S/C51H69NO8S/c1-3-5-8-12-34-16-20-37(21-17-34)48(53)57-41-28-24-39(25-29-41)50(55)59-43-32-33-44(46-45(43)52-47(61-46)36-14-10-7-11-15-36)60-51(56)40-26-30-42(31-27-40)58-49(54)38-22-18-35(19-23-38)13-9-6-4-2/h7,10-11,14-15,32-35,37-42H,3-6,8-9,12-13,16-31H2,1-2H3. The second-order valence-electron chi connectivity index (χ2n) is 18.7. The fourth-order valence-electron chi connectivity index (χ4n) is 10.3. The molecule has 4 saturated carbocycles. The number of thiazole rings is 1. The summed E-state index contributed by atoms with van der Waals surface area (Å²) in [5.41, 5.74) is 1.40. The number of fused-ring (bicyclic) bond motifs is 1. The largest absolute Gasteiger partial charge is 0.462 e. The number of esters is 4. The summed E-state index contributed by atoms with van der Waals surface area (Å²) in [6.07, 6.45) is 23.0. The van der Waals surface area contributed by atoms with Crippen LogP contribution in [-0.2, 0) is 28.7 Å². The van der Waals surface area contributed by atoms with Crippen molar-refractivity contribution in [3.8, 4) is 22.1 Å². The molecule has 4 aliphatic rings. The third-order valence-electron chi connectivity index (χ3n) is 14.3. The van der Waals surface area contributed by atoms with E-state index >= 15 is 0 Å². The van der Waals surface area contributed by atoms with Gasteiger partial charge >= 0.3 is 23.9 Å². The predicted octanol–water partition coefficient (Wildman–Crippen LogP) is 12.8. The van der Waals surface area contributed by atoms with Gasteiger partial charge < -0.3 is 18.9 Å². The topological polar surface area (TPSA) is 118 Å². The number of unbranched alkanes of at least 4 members (excludes halogenated alkanes) is 4. The SMILES string of the molecule is CCCCCC1CCC(C(=O)OC2CCC(C(=O)Oc3ccc(OC(=O)C4CCC(OC(=O)C5CCC(CCCCC)CC5)CC4)c4sc(-c5ccccc5)nc34)CC2)CC1. The molecule has 0 saturated heterocycles. The Bertz CT molecular complexity index is 1760. The average Bonchev–Trinajstić information content (AvgIpc) is 3.75. The predicted molar refractivity (Wildman–Crippen MR) is 239 cm³/mol. The van der Waals surface area contributed by atoms with Crippen LogP contribution in [0.1, 0.15) is 168 Å². The quantitative estimate of drug-likeness (QED) is 0.0742. The van der Waals surface area contributed by atoms with E-state index in [1.165, 1.54) is 62.7 Å². The molecule has 332 valence electrons. The van der Waals surface area contributed by atoms with E-state index in [9.17, 15) is 19.2 Å². The highest BCUT2D eigenvalue weighted by Gasteiger charge is 2.35. The molecule has 61 heavy (non-hydrogen) atoms. The van der Waals surface area contributed by atoms with Gasteiger partial charge in [0.15, 0.2) is 11.5 Å². The Morgan fingerprint density at radius 2 is 0.951 bits per heavy atom. The maximum Gasteiger partial charge on any atom is 0.314 e. The fourth-order valence-corrected chi connectivity index (χ4v) is 11.3. The molecule has 3 aromatic rings. The Balaban J connectivity index is 0.904. The zero-order valence-electron chi connectivity index (χ0n) is 36.8. The van der Waals surface area contributed by atoms with Gasteiger partial charge in [0, 0.05) is 5.56 Å². The molecule has 4 fully saturated rings. The van der Waals surface area contributed by atoms with E-state index in [0.29, 0.717) is 73.1 Å². The summed E-state index contributed by atoms with van der Waals surface area (Å²) in [5.74, 6) is 0.865. The van der Waals surface area contributed by atoms with Gasteiger partial charge in [0.2, 0.25) is 0 Å². The first-order valence-electron chi connectivity index (χ1n) is 24.1. The van der Waals surface area contributed by atoms with E-state index in [0.717, 1.165) is 73.8 Å². The second-order valence-corrected chi connectivity index (χ2v) is 19.7. The molecule has 1 heterocycles. The number of hydrogen-bond donors (Lipinski definition) is 0. The van der Waals surface area contributed by atoms with E-state index in [1.54, 1.807) is 12.1 Å². The van der Waals surface area contributed by atoms with E-state index in [4.69, 9.17) is 23.9 Å². The van der Waals surface area contributed by atoms with Gasteiger partial charge in [-0.3, -0.25) is 19.2 Å². The number of carbonyl (C=O) groups excluding carboxylic acids is 4. The van der Waals surface area contributed by atoms with Gasteiger partial charge in [0.25, 0.3) is 0 Å². The van der Waals surface area contributed by atoms with Crippen LogP contribution in [0.2, 0.25) is 0 Å². The number of carbonyl (C=O) groups is 4. The van der Waals surface area contributed by atoms with Crippen molar-refractivity contribution in [2.75, 3.05) is 0 Å². The number of hydrogen-bond acceptors (Lipinski definition) is 10. The number of nitrogens with zero attached hydrogens (tertiary/aromatic N) is 1. The van der Waals surface area contributed by atoms with Crippen molar-refractivity contribution in [1.29, 1.82) is 0 Å². The summed E-state index contributed by atoms with van der Waals surface area (Å²) in [7, 11) is 0. The highest BCUT2D eigenvalue weighted by Crippen LogP contribution is 2.43. The summed E-state index contributed by atoms with van der Waals surface area (Å²) in [6, 6.07) is 13.2. The summed E-state index contributed by atoms with van der Waals surface area (Å²) in [6.45, 7) is 4.47. The minimum absolute atomic E-state index is 0.000513. The molecule has 0 atom stereocenters. The Morgan fingerprint density at radius 3 is 1.43 bits per heavy atom. The molecule has 0 radical (unpaired) electrons. The van der Waals surface area contributed by atoms with Crippen molar-refractivity contribution in [2.24, 2.45) is 35.5 Å². The second kappa shape index (κ2) is 22.5. The monoisotopic (exact) mass is 855 g/mol. The van der Waals surface area contributed by atoms with Crippen molar-refractivity contribution >= 4 is 45.4 Å².